The number of carbonyl (C=O) groups is 1. The molecule has 82 valence electrons. The van der Waals surface area contributed by atoms with Crippen LogP contribution in [-0.4, -0.2) is 22.9 Å². The molecule has 0 aliphatic carbocycles. The highest BCUT2D eigenvalue weighted by Crippen LogP contribution is 2.19. The molecular weight excluding hydrogens is 212 g/mol. The van der Waals surface area contributed by atoms with Gasteiger partial charge in [0.05, 0.1) is 23.4 Å². The monoisotopic (exact) mass is 220 g/mol. The Morgan fingerprint density at radius 1 is 1.50 bits per heavy atom. The number of aromatic nitrogens is 2. The fraction of sp³-hybridized carbons (Fsp3) is 0.111. The minimum atomic E-state index is -0.708. The van der Waals surface area contributed by atoms with Gasteiger partial charge >= 0.3 is 6.09 Å². The van der Waals surface area contributed by atoms with Gasteiger partial charge in [0.2, 0.25) is 5.95 Å². The Morgan fingerprint density at radius 2 is 2.25 bits per heavy atom. The third-order valence-electron chi connectivity index (χ3n) is 2.02. The quantitative estimate of drug-likeness (QED) is 0.781. The van der Waals surface area contributed by atoms with Gasteiger partial charge in [-0.25, -0.2) is 9.78 Å². The van der Waals surface area contributed by atoms with E-state index in [9.17, 15) is 9.70 Å². The molecule has 0 aliphatic heterocycles. The van der Waals surface area contributed by atoms with Crippen molar-refractivity contribution < 1.29 is 9.53 Å². The number of amides is 1. The van der Waals surface area contributed by atoms with Crippen LogP contribution in [0.25, 0.3) is 11.0 Å². The Morgan fingerprint density at radius 3 is 2.94 bits per heavy atom. The maximum absolute atomic E-state index is 11.0. The van der Waals surface area contributed by atoms with E-state index in [2.05, 4.69) is 20.3 Å². The van der Waals surface area contributed by atoms with E-state index in [0.717, 1.165) is 4.68 Å². The number of fused-ring (bicyclic) bond motifs is 1. The fourth-order valence-electron chi connectivity index (χ4n) is 1.32. The van der Waals surface area contributed by atoms with Gasteiger partial charge in [-0.05, 0) is 12.1 Å². The van der Waals surface area contributed by atoms with Gasteiger partial charge < -0.3 is 4.74 Å². The Hall–Kier alpha value is -2.44. The normalized spacial score (nSPS) is 10.1. The average Bonchev–Trinajstić information content (AvgIpc) is 2.65. The van der Waals surface area contributed by atoms with Crippen molar-refractivity contribution in [2.24, 2.45) is 5.29 Å². The van der Waals surface area contributed by atoms with Crippen molar-refractivity contribution in [1.82, 2.24) is 9.66 Å². The molecule has 0 atom stereocenters. The van der Waals surface area contributed by atoms with E-state index in [4.69, 9.17) is 0 Å². The summed E-state index contributed by atoms with van der Waals surface area (Å²) in [7, 11) is 1.22. The van der Waals surface area contributed by atoms with Crippen LogP contribution in [0.3, 0.4) is 0 Å². The lowest BCUT2D eigenvalue weighted by atomic mass is 10.3. The lowest BCUT2D eigenvalue weighted by Gasteiger charge is -2.00. The van der Waals surface area contributed by atoms with E-state index >= 15 is 0 Å². The highest BCUT2D eigenvalue weighted by Gasteiger charge is 2.13. The van der Waals surface area contributed by atoms with E-state index in [1.165, 1.54) is 7.11 Å². The van der Waals surface area contributed by atoms with E-state index < -0.39 is 6.09 Å². The highest BCUT2D eigenvalue weighted by molar-refractivity contribution is 5.86. The average molecular weight is 220 g/mol. The summed E-state index contributed by atoms with van der Waals surface area (Å²) in [6.45, 7) is 0. The number of benzene rings is 1. The number of methoxy groups -OCH3 is 1. The van der Waals surface area contributed by atoms with Crippen molar-refractivity contribution in [3.05, 3.63) is 29.2 Å². The molecule has 7 nitrogen and oxygen atoms in total. The SMILES string of the molecule is COC(=O)Nc1nc2ccccc2n1N=O. The van der Waals surface area contributed by atoms with Gasteiger partial charge in [0.25, 0.3) is 0 Å². The van der Waals surface area contributed by atoms with Crippen LogP contribution in [0.1, 0.15) is 0 Å². The number of hydrogen-bond donors (Lipinski definition) is 1. The second kappa shape index (κ2) is 3.97. The number of imidazole rings is 1. The molecule has 0 radical (unpaired) electrons. The van der Waals surface area contributed by atoms with Gasteiger partial charge in [-0.2, -0.15) is 4.68 Å². The first-order valence-electron chi connectivity index (χ1n) is 4.42. The van der Waals surface area contributed by atoms with Crippen molar-refractivity contribution in [2.75, 3.05) is 12.4 Å². The molecule has 0 saturated carbocycles. The van der Waals surface area contributed by atoms with E-state index in [1.807, 2.05) is 0 Å². The molecule has 1 N–H and O–H groups in total. The van der Waals surface area contributed by atoms with E-state index in [0.29, 0.717) is 11.0 Å². The zero-order chi connectivity index (χ0) is 11.5. The molecule has 0 spiro atoms. The summed E-state index contributed by atoms with van der Waals surface area (Å²) >= 11 is 0. The Bertz CT molecular complexity index is 549. The first kappa shape index (κ1) is 10.1. The second-order valence-electron chi connectivity index (χ2n) is 2.93. The summed E-state index contributed by atoms with van der Waals surface area (Å²) in [5, 5.41) is 5.08. The Labute approximate surface area is 90.0 Å². The Balaban J connectivity index is 2.52. The van der Waals surface area contributed by atoms with Gasteiger partial charge in [-0.15, -0.1) is 4.91 Å². The van der Waals surface area contributed by atoms with Crippen LogP contribution in [0.4, 0.5) is 10.7 Å². The van der Waals surface area contributed by atoms with Crippen LogP contribution in [0.15, 0.2) is 29.6 Å². The number of rotatable bonds is 2. The highest BCUT2D eigenvalue weighted by atomic mass is 16.5. The van der Waals surface area contributed by atoms with Gasteiger partial charge in [-0.3, -0.25) is 5.32 Å². The van der Waals surface area contributed by atoms with Gasteiger partial charge in [-0.1, -0.05) is 12.1 Å². The van der Waals surface area contributed by atoms with Gasteiger partial charge in [0, 0.05) is 0 Å². The lowest BCUT2D eigenvalue weighted by Crippen LogP contribution is -2.14. The molecule has 1 aromatic heterocycles. The van der Waals surface area contributed by atoms with Gasteiger partial charge in [0.15, 0.2) is 0 Å². The van der Waals surface area contributed by atoms with Crippen LogP contribution in [-0.2, 0) is 4.74 Å². The van der Waals surface area contributed by atoms with Crippen LogP contribution in [0.5, 0.6) is 0 Å². The summed E-state index contributed by atoms with van der Waals surface area (Å²) < 4.78 is 5.39. The molecule has 2 aromatic rings. The molecule has 0 bridgehead atoms. The second-order valence-corrected chi connectivity index (χ2v) is 2.93. The minimum absolute atomic E-state index is 0.0306. The number of para-hydroxylation sites is 2. The summed E-state index contributed by atoms with van der Waals surface area (Å²) in [6, 6.07) is 6.89. The van der Waals surface area contributed by atoms with Crippen molar-refractivity contribution in [3.8, 4) is 0 Å². The molecule has 16 heavy (non-hydrogen) atoms. The number of nitroso groups, excluding NO2 is 1. The largest absolute Gasteiger partial charge is 0.453 e. The third kappa shape index (κ3) is 1.58. The van der Waals surface area contributed by atoms with Crippen molar-refractivity contribution in [2.45, 2.75) is 0 Å². The summed E-state index contributed by atoms with van der Waals surface area (Å²) in [5.41, 5.74) is 1.08. The molecule has 0 unspecified atom stereocenters. The van der Waals surface area contributed by atoms with Crippen LogP contribution < -0.4 is 5.32 Å². The summed E-state index contributed by atoms with van der Waals surface area (Å²) in [5.74, 6) is 0.0306. The molecule has 0 fully saturated rings. The predicted molar refractivity (Wildman–Crippen MR) is 57.0 cm³/mol. The van der Waals surface area contributed by atoms with Crippen molar-refractivity contribution in [1.29, 1.82) is 0 Å². The molecular formula is C9H8N4O3. The number of carbonyl (C=O) groups excluding carboxylic acids is 1. The van der Waals surface area contributed by atoms with Crippen LogP contribution >= 0.6 is 0 Å². The maximum atomic E-state index is 11.0. The van der Waals surface area contributed by atoms with Crippen LogP contribution in [0, 0.1) is 4.91 Å². The molecule has 1 amide bonds. The molecule has 1 heterocycles. The smallest absolute Gasteiger partial charge is 0.413 e. The lowest BCUT2D eigenvalue weighted by molar-refractivity contribution is 0.186. The number of hydrogen-bond acceptors (Lipinski definition) is 5. The summed E-state index contributed by atoms with van der Waals surface area (Å²) in [6.07, 6.45) is -0.708. The molecule has 0 saturated heterocycles. The van der Waals surface area contributed by atoms with Crippen molar-refractivity contribution >= 4 is 23.1 Å². The molecule has 2 rings (SSSR count). The molecule has 1 aromatic carbocycles. The fourth-order valence-corrected chi connectivity index (χ4v) is 1.32. The number of nitrogens with zero attached hydrogens (tertiary/aromatic N) is 3. The first-order valence-corrected chi connectivity index (χ1v) is 4.42. The van der Waals surface area contributed by atoms with Gasteiger partial charge in [0.1, 0.15) is 0 Å². The molecule has 7 heteroatoms. The standard InChI is InChI=1S/C9H8N4O3/c1-16-9(14)11-8-10-6-4-2-3-5-7(6)13(8)12-15/h2-5H,1H3,(H,10,11,14). The first-order chi connectivity index (χ1) is 7.76. The zero-order valence-electron chi connectivity index (χ0n) is 8.38. The third-order valence-corrected chi connectivity index (χ3v) is 2.02. The predicted octanol–water partition coefficient (Wildman–Crippen LogP) is 1.74. The van der Waals surface area contributed by atoms with Crippen LogP contribution in [0.2, 0.25) is 0 Å². The number of anilines is 1. The minimum Gasteiger partial charge on any atom is -0.453 e. The van der Waals surface area contributed by atoms with E-state index in [-0.39, 0.29) is 5.95 Å². The Kier molecular flexibility index (Phi) is 2.50. The topological polar surface area (TPSA) is 85.6 Å². The number of nitrogens with one attached hydrogen (secondary N) is 1. The maximum Gasteiger partial charge on any atom is 0.413 e. The number of ether oxygens (including phenoxy) is 1. The zero-order valence-corrected chi connectivity index (χ0v) is 8.38. The molecule has 0 aliphatic rings. The van der Waals surface area contributed by atoms with Crippen molar-refractivity contribution in [3.63, 3.8) is 0 Å². The summed E-state index contributed by atoms with van der Waals surface area (Å²) in [4.78, 5) is 25.7. The van der Waals surface area contributed by atoms with E-state index in [1.54, 1.807) is 24.3 Å².